The van der Waals surface area contributed by atoms with Crippen LogP contribution in [0, 0.1) is 5.92 Å². The number of likely N-dealkylation sites (tertiary alicyclic amines) is 1. The van der Waals surface area contributed by atoms with Gasteiger partial charge in [-0.25, -0.2) is 4.98 Å². The molecule has 2 aromatic rings. The molecule has 0 aliphatic carbocycles. The van der Waals surface area contributed by atoms with Crippen LogP contribution in [0.5, 0.6) is 0 Å². The van der Waals surface area contributed by atoms with Crippen molar-refractivity contribution in [3.63, 3.8) is 0 Å². The largest absolute Gasteiger partial charge is 0.318 e. The van der Waals surface area contributed by atoms with E-state index < -0.39 is 0 Å². The molecule has 6 nitrogen and oxygen atoms in total. The smallest absolute Gasteiger partial charge is 0.253 e. The molecule has 0 spiro atoms. The van der Waals surface area contributed by atoms with Crippen molar-refractivity contribution < 1.29 is 0 Å². The van der Waals surface area contributed by atoms with Crippen molar-refractivity contribution in [2.45, 2.75) is 45.7 Å². The van der Waals surface area contributed by atoms with Crippen LogP contribution in [0.4, 0.5) is 0 Å². The highest BCUT2D eigenvalue weighted by Gasteiger charge is 2.20. The first-order valence-electron chi connectivity index (χ1n) is 9.36. The number of hydrogen-bond acceptors (Lipinski definition) is 4. The lowest BCUT2D eigenvalue weighted by Crippen LogP contribution is -2.36. The van der Waals surface area contributed by atoms with E-state index in [1.54, 1.807) is 34.6 Å². The standard InChI is InChI=1S/C20H28N4O2/c1-15(2)18-10-20(26)24(14-21-18)13-16-6-8-23(9-7-16)12-17-4-5-19(25)22(3)11-17/h4-5,10-11,14-16H,6-9,12-13H2,1-3H3. The summed E-state index contributed by atoms with van der Waals surface area (Å²) in [6.07, 6.45) is 5.76. The summed E-state index contributed by atoms with van der Waals surface area (Å²) < 4.78 is 3.38. The van der Waals surface area contributed by atoms with Gasteiger partial charge in [-0.3, -0.25) is 19.1 Å². The van der Waals surface area contributed by atoms with Crippen LogP contribution in [-0.4, -0.2) is 32.1 Å². The topological polar surface area (TPSA) is 60.1 Å². The molecule has 0 bridgehead atoms. The first kappa shape index (κ1) is 18.6. The van der Waals surface area contributed by atoms with Gasteiger partial charge < -0.3 is 4.57 Å². The Morgan fingerprint density at radius 1 is 1.15 bits per heavy atom. The Hall–Kier alpha value is -2.21. The average Bonchev–Trinajstić information content (AvgIpc) is 2.61. The SMILES string of the molecule is CC(C)c1cc(=O)n(CC2CCN(Cc3ccc(=O)n(C)c3)CC2)cn1. The quantitative estimate of drug-likeness (QED) is 0.822. The molecule has 1 saturated heterocycles. The summed E-state index contributed by atoms with van der Waals surface area (Å²) in [7, 11) is 1.79. The monoisotopic (exact) mass is 356 g/mol. The molecule has 3 heterocycles. The summed E-state index contributed by atoms with van der Waals surface area (Å²) in [6, 6.07) is 5.21. The van der Waals surface area contributed by atoms with Gasteiger partial charge in [0.1, 0.15) is 0 Å². The number of hydrogen-bond donors (Lipinski definition) is 0. The summed E-state index contributed by atoms with van der Waals surface area (Å²) in [5.41, 5.74) is 2.10. The average molecular weight is 356 g/mol. The van der Waals surface area contributed by atoms with Crippen molar-refractivity contribution in [3.8, 4) is 0 Å². The number of aryl methyl sites for hydroxylation is 1. The zero-order valence-corrected chi connectivity index (χ0v) is 15.9. The maximum absolute atomic E-state index is 12.3. The van der Waals surface area contributed by atoms with E-state index in [2.05, 4.69) is 9.88 Å². The molecule has 3 rings (SSSR count). The molecule has 0 amide bonds. The van der Waals surface area contributed by atoms with Gasteiger partial charge in [-0.15, -0.1) is 0 Å². The lowest BCUT2D eigenvalue weighted by atomic mass is 9.96. The van der Waals surface area contributed by atoms with Gasteiger partial charge in [0.05, 0.1) is 12.0 Å². The van der Waals surface area contributed by atoms with Gasteiger partial charge in [-0.05, 0) is 43.3 Å². The molecule has 0 aromatic carbocycles. The van der Waals surface area contributed by atoms with E-state index in [4.69, 9.17) is 0 Å². The van der Waals surface area contributed by atoms with Crippen molar-refractivity contribution >= 4 is 0 Å². The minimum Gasteiger partial charge on any atom is -0.318 e. The summed E-state index contributed by atoms with van der Waals surface area (Å²) in [6.45, 7) is 7.74. The maximum atomic E-state index is 12.3. The van der Waals surface area contributed by atoms with Crippen molar-refractivity contribution in [2.75, 3.05) is 13.1 Å². The van der Waals surface area contributed by atoms with Crippen LogP contribution in [0.15, 0.2) is 40.3 Å². The predicted molar refractivity (Wildman–Crippen MR) is 102 cm³/mol. The molecule has 0 atom stereocenters. The molecule has 0 radical (unpaired) electrons. The van der Waals surface area contributed by atoms with Gasteiger partial charge in [0.25, 0.3) is 5.56 Å². The van der Waals surface area contributed by atoms with E-state index >= 15 is 0 Å². The number of pyridine rings is 1. The number of rotatable bonds is 5. The maximum Gasteiger partial charge on any atom is 0.253 e. The normalized spacial score (nSPS) is 16.3. The van der Waals surface area contributed by atoms with Crippen LogP contribution in [0.2, 0.25) is 0 Å². The Labute approximate surface area is 154 Å². The van der Waals surface area contributed by atoms with E-state index in [-0.39, 0.29) is 17.0 Å². The fourth-order valence-electron chi connectivity index (χ4n) is 3.50. The molecule has 26 heavy (non-hydrogen) atoms. The summed E-state index contributed by atoms with van der Waals surface area (Å²) in [5.74, 6) is 0.786. The minimum absolute atomic E-state index is 0.0231. The highest BCUT2D eigenvalue weighted by molar-refractivity contribution is 5.10. The van der Waals surface area contributed by atoms with E-state index in [1.165, 1.54) is 0 Å². The van der Waals surface area contributed by atoms with Crippen molar-refractivity contribution in [1.29, 1.82) is 0 Å². The first-order valence-corrected chi connectivity index (χ1v) is 9.36. The van der Waals surface area contributed by atoms with Crippen LogP contribution in [-0.2, 0) is 20.1 Å². The third kappa shape index (κ3) is 4.49. The van der Waals surface area contributed by atoms with Crippen LogP contribution in [0.3, 0.4) is 0 Å². The second-order valence-corrected chi connectivity index (χ2v) is 7.67. The number of aromatic nitrogens is 3. The molecular weight excluding hydrogens is 328 g/mol. The molecule has 0 saturated carbocycles. The molecule has 1 aliphatic heterocycles. The van der Waals surface area contributed by atoms with Gasteiger partial charge in [-0.2, -0.15) is 0 Å². The Kier molecular flexibility index (Phi) is 5.71. The Morgan fingerprint density at radius 3 is 2.50 bits per heavy atom. The van der Waals surface area contributed by atoms with Crippen molar-refractivity contribution in [1.82, 2.24) is 19.0 Å². The Bertz CT molecular complexity index is 861. The molecule has 140 valence electrons. The molecule has 0 unspecified atom stereocenters. The number of nitrogens with zero attached hydrogens (tertiary/aromatic N) is 4. The highest BCUT2D eigenvalue weighted by Crippen LogP contribution is 2.20. The molecule has 6 heteroatoms. The van der Waals surface area contributed by atoms with Gasteiger partial charge >= 0.3 is 0 Å². The summed E-state index contributed by atoms with van der Waals surface area (Å²) >= 11 is 0. The minimum atomic E-state index is 0.0231. The summed E-state index contributed by atoms with van der Waals surface area (Å²) in [5, 5.41) is 0. The fraction of sp³-hybridized carbons (Fsp3) is 0.550. The van der Waals surface area contributed by atoms with E-state index in [0.29, 0.717) is 5.92 Å². The number of piperidine rings is 1. The van der Waals surface area contributed by atoms with Crippen molar-refractivity contribution in [3.05, 3.63) is 62.7 Å². The Balaban J connectivity index is 1.54. The molecule has 1 fully saturated rings. The van der Waals surface area contributed by atoms with Crippen molar-refractivity contribution in [2.24, 2.45) is 13.0 Å². The summed E-state index contributed by atoms with van der Waals surface area (Å²) in [4.78, 5) is 30.6. The van der Waals surface area contributed by atoms with Gasteiger partial charge in [0, 0.05) is 38.5 Å². The molecule has 2 aromatic heterocycles. The second kappa shape index (κ2) is 7.99. The lowest BCUT2D eigenvalue weighted by molar-refractivity contribution is 0.166. The predicted octanol–water partition coefficient (Wildman–Crippen LogP) is 1.98. The highest BCUT2D eigenvalue weighted by atomic mass is 16.1. The zero-order chi connectivity index (χ0) is 18.7. The zero-order valence-electron chi connectivity index (χ0n) is 15.9. The van der Waals surface area contributed by atoms with Crippen LogP contribution >= 0.6 is 0 Å². The Morgan fingerprint density at radius 2 is 1.88 bits per heavy atom. The van der Waals surface area contributed by atoms with Crippen LogP contribution in [0.1, 0.15) is 43.9 Å². The molecule has 0 N–H and O–H groups in total. The van der Waals surface area contributed by atoms with E-state index in [9.17, 15) is 9.59 Å². The van der Waals surface area contributed by atoms with Crippen LogP contribution in [0.25, 0.3) is 0 Å². The second-order valence-electron chi connectivity index (χ2n) is 7.67. The first-order chi connectivity index (χ1) is 12.4. The fourth-order valence-corrected chi connectivity index (χ4v) is 3.50. The van der Waals surface area contributed by atoms with Crippen LogP contribution < -0.4 is 11.1 Å². The third-order valence-electron chi connectivity index (χ3n) is 5.21. The van der Waals surface area contributed by atoms with E-state index in [0.717, 1.165) is 50.3 Å². The molecule has 1 aliphatic rings. The molecular formula is C20H28N4O2. The van der Waals surface area contributed by atoms with Gasteiger partial charge in [0.2, 0.25) is 5.56 Å². The van der Waals surface area contributed by atoms with Gasteiger partial charge in [-0.1, -0.05) is 19.9 Å². The lowest BCUT2D eigenvalue weighted by Gasteiger charge is -2.32. The third-order valence-corrected chi connectivity index (χ3v) is 5.21. The van der Waals surface area contributed by atoms with Gasteiger partial charge in [0.15, 0.2) is 0 Å². The van der Waals surface area contributed by atoms with E-state index in [1.807, 2.05) is 26.1 Å².